The molecule has 7 heteroatoms. The molecular formula is C13H11N3O2S2. The predicted octanol–water partition coefficient (Wildman–Crippen LogP) is 1.91. The lowest BCUT2D eigenvalue weighted by molar-refractivity contribution is -0.120. The minimum Gasteiger partial charge on any atom is -0.351 e. The number of aromatic nitrogens is 2. The van der Waals surface area contributed by atoms with E-state index in [0.717, 1.165) is 9.75 Å². The summed E-state index contributed by atoms with van der Waals surface area (Å²) in [6, 6.07) is 5.64. The van der Waals surface area contributed by atoms with Crippen LogP contribution in [-0.4, -0.2) is 15.9 Å². The van der Waals surface area contributed by atoms with Gasteiger partial charge in [0.25, 0.3) is 5.56 Å². The minimum absolute atomic E-state index is 0.0215. The number of aromatic amines is 1. The number of fused-ring (bicyclic) bond motifs is 1. The topological polar surface area (TPSA) is 74.8 Å². The highest BCUT2D eigenvalue weighted by molar-refractivity contribution is 7.18. The second-order valence-corrected chi connectivity index (χ2v) is 6.34. The molecule has 0 aliphatic carbocycles. The van der Waals surface area contributed by atoms with Crippen molar-refractivity contribution in [2.45, 2.75) is 13.0 Å². The van der Waals surface area contributed by atoms with E-state index in [2.05, 4.69) is 15.3 Å². The van der Waals surface area contributed by atoms with E-state index in [1.165, 1.54) is 17.7 Å². The summed E-state index contributed by atoms with van der Waals surface area (Å²) in [5.41, 5.74) is -0.151. The zero-order valence-corrected chi connectivity index (χ0v) is 12.0. The van der Waals surface area contributed by atoms with Gasteiger partial charge in [0.15, 0.2) is 0 Å². The number of hydrogen-bond acceptors (Lipinski definition) is 5. The SMILES string of the molecule is O=C(Cc1cccs1)NCc1cc2c(=O)[nH]cnc2s1. The fourth-order valence-electron chi connectivity index (χ4n) is 1.82. The smallest absolute Gasteiger partial charge is 0.259 e. The maximum Gasteiger partial charge on any atom is 0.259 e. The number of carbonyl (C=O) groups excluding carboxylic acids is 1. The molecule has 0 unspecified atom stereocenters. The highest BCUT2D eigenvalue weighted by Crippen LogP contribution is 2.20. The molecule has 0 spiro atoms. The summed E-state index contributed by atoms with van der Waals surface area (Å²) in [7, 11) is 0. The van der Waals surface area contributed by atoms with E-state index in [-0.39, 0.29) is 11.5 Å². The molecule has 0 fully saturated rings. The molecule has 0 bridgehead atoms. The Morgan fingerprint density at radius 1 is 1.40 bits per heavy atom. The van der Waals surface area contributed by atoms with Crippen LogP contribution in [0.2, 0.25) is 0 Å². The third kappa shape index (κ3) is 2.78. The Bertz CT molecular complexity index is 789. The molecule has 0 aliphatic heterocycles. The largest absolute Gasteiger partial charge is 0.351 e. The van der Waals surface area contributed by atoms with E-state index >= 15 is 0 Å². The third-order valence-corrected chi connectivity index (χ3v) is 4.68. The normalized spacial score (nSPS) is 10.8. The van der Waals surface area contributed by atoms with Gasteiger partial charge in [-0.2, -0.15) is 0 Å². The number of amides is 1. The molecule has 0 saturated carbocycles. The van der Waals surface area contributed by atoms with Crippen molar-refractivity contribution in [1.82, 2.24) is 15.3 Å². The monoisotopic (exact) mass is 305 g/mol. The van der Waals surface area contributed by atoms with Crippen LogP contribution in [0.1, 0.15) is 9.75 Å². The lowest BCUT2D eigenvalue weighted by Crippen LogP contribution is -2.23. The molecule has 2 N–H and O–H groups in total. The molecule has 0 atom stereocenters. The second-order valence-electron chi connectivity index (χ2n) is 4.20. The van der Waals surface area contributed by atoms with Crippen LogP contribution in [0.5, 0.6) is 0 Å². The van der Waals surface area contributed by atoms with Crippen LogP contribution in [0.15, 0.2) is 34.7 Å². The van der Waals surface area contributed by atoms with E-state index in [4.69, 9.17) is 0 Å². The number of nitrogens with zero attached hydrogens (tertiary/aromatic N) is 1. The number of nitrogens with one attached hydrogen (secondary N) is 2. The Hall–Kier alpha value is -1.99. The number of H-pyrrole nitrogens is 1. The fraction of sp³-hybridized carbons (Fsp3) is 0.154. The van der Waals surface area contributed by atoms with Crippen LogP contribution in [0, 0.1) is 0 Å². The van der Waals surface area contributed by atoms with Gasteiger partial charge in [-0.25, -0.2) is 4.98 Å². The Balaban J connectivity index is 1.66. The van der Waals surface area contributed by atoms with Gasteiger partial charge in [0.2, 0.25) is 5.91 Å². The molecule has 0 aliphatic rings. The summed E-state index contributed by atoms with van der Waals surface area (Å²) < 4.78 is 0. The molecule has 3 aromatic heterocycles. The van der Waals surface area contributed by atoms with Crippen molar-refractivity contribution in [2.75, 3.05) is 0 Å². The van der Waals surface area contributed by atoms with E-state index in [9.17, 15) is 9.59 Å². The highest BCUT2D eigenvalue weighted by atomic mass is 32.1. The molecule has 102 valence electrons. The number of thiophene rings is 2. The Kier molecular flexibility index (Phi) is 3.62. The molecule has 0 radical (unpaired) electrons. The van der Waals surface area contributed by atoms with Gasteiger partial charge in [0.05, 0.1) is 24.7 Å². The van der Waals surface area contributed by atoms with Crippen molar-refractivity contribution in [3.63, 3.8) is 0 Å². The number of carbonyl (C=O) groups is 1. The van der Waals surface area contributed by atoms with Gasteiger partial charge in [0.1, 0.15) is 4.83 Å². The zero-order chi connectivity index (χ0) is 13.9. The summed E-state index contributed by atoms with van der Waals surface area (Å²) in [4.78, 5) is 32.6. The molecule has 3 rings (SSSR count). The first kappa shape index (κ1) is 13.0. The van der Waals surface area contributed by atoms with Gasteiger partial charge in [-0.1, -0.05) is 6.07 Å². The lowest BCUT2D eigenvalue weighted by Gasteiger charge is -2.01. The van der Waals surface area contributed by atoms with Crippen molar-refractivity contribution in [3.05, 3.63) is 50.0 Å². The van der Waals surface area contributed by atoms with Crippen molar-refractivity contribution >= 4 is 38.8 Å². The average Bonchev–Trinajstić information content (AvgIpc) is 3.06. The summed E-state index contributed by atoms with van der Waals surface area (Å²) in [6.07, 6.45) is 1.78. The summed E-state index contributed by atoms with van der Waals surface area (Å²) in [6.45, 7) is 0.421. The zero-order valence-electron chi connectivity index (χ0n) is 10.4. The Labute approximate surface area is 122 Å². The maximum absolute atomic E-state index is 11.8. The number of hydrogen-bond donors (Lipinski definition) is 2. The van der Waals surface area contributed by atoms with Gasteiger partial charge in [0, 0.05) is 9.75 Å². The second kappa shape index (κ2) is 5.56. The fourth-order valence-corrected chi connectivity index (χ4v) is 3.46. The standard InChI is InChI=1S/C13H11N3O2S2/c17-11(5-8-2-1-3-19-8)14-6-9-4-10-12(18)15-7-16-13(10)20-9/h1-4,7H,5-6H2,(H,14,17)(H,15,16,18). The molecule has 5 nitrogen and oxygen atoms in total. The van der Waals surface area contributed by atoms with E-state index in [0.29, 0.717) is 23.2 Å². The summed E-state index contributed by atoms with van der Waals surface area (Å²) in [5.74, 6) is -0.0215. The van der Waals surface area contributed by atoms with E-state index in [1.807, 2.05) is 17.5 Å². The predicted molar refractivity (Wildman–Crippen MR) is 80.1 cm³/mol. The van der Waals surface area contributed by atoms with Crippen LogP contribution in [0.25, 0.3) is 10.2 Å². The first-order chi connectivity index (χ1) is 9.72. The van der Waals surface area contributed by atoms with Gasteiger partial charge in [-0.15, -0.1) is 22.7 Å². The molecule has 0 saturated heterocycles. The maximum atomic E-state index is 11.8. The van der Waals surface area contributed by atoms with Crippen LogP contribution < -0.4 is 10.9 Å². The molecule has 20 heavy (non-hydrogen) atoms. The van der Waals surface area contributed by atoms with E-state index in [1.54, 1.807) is 17.4 Å². The van der Waals surface area contributed by atoms with Gasteiger partial charge in [-0.3, -0.25) is 9.59 Å². The van der Waals surface area contributed by atoms with Crippen LogP contribution in [-0.2, 0) is 17.8 Å². The molecule has 3 aromatic rings. The van der Waals surface area contributed by atoms with Gasteiger partial charge >= 0.3 is 0 Å². The summed E-state index contributed by atoms with van der Waals surface area (Å²) in [5, 5.41) is 5.38. The van der Waals surface area contributed by atoms with Crippen LogP contribution in [0.4, 0.5) is 0 Å². The van der Waals surface area contributed by atoms with Crippen LogP contribution >= 0.6 is 22.7 Å². The van der Waals surface area contributed by atoms with Gasteiger partial charge < -0.3 is 10.3 Å². The molecule has 3 heterocycles. The lowest BCUT2D eigenvalue weighted by atomic mass is 10.3. The number of rotatable bonds is 4. The molecular weight excluding hydrogens is 294 g/mol. The van der Waals surface area contributed by atoms with E-state index < -0.39 is 0 Å². The first-order valence-corrected chi connectivity index (χ1v) is 7.67. The van der Waals surface area contributed by atoms with Crippen molar-refractivity contribution in [3.8, 4) is 0 Å². The average molecular weight is 305 g/mol. The molecule has 0 aromatic carbocycles. The van der Waals surface area contributed by atoms with Gasteiger partial charge in [-0.05, 0) is 17.5 Å². The Morgan fingerprint density at radius 2 is 2.30 bits per heavy atom. The minimum atomic E-state index is -0.151. The van der Waals surface area contributed by atoms with Crippen molar-refractivity contribution in [2.24, 2.45) is 0 Å². The first-order valence-electron chi connectivity index (χ1n) is 5.97. The van der Waals surface area contributed by atoms with Crippen molar-refractivity contribution in [1.29, 1.82) is 0 Å². The van der Waals surface area contributed by atoms with Crippen LogP contribution in [0.3, 0.4) is 0 Å². The highest BCUT2D eigenvalue weighted by Gasteiger charge is 2.08. The summed E-state index contributed by atoms with van der Waals surface area (Å²) >= 11 is 2.98. The van der Waals surface area contributed by atoms with Crippen molar-refractivity contribution < 1.29 is 4.79 Å². The third-order valence-electron chi connectivity index (χ3n) is 2.76. The molecule has 1 amide bonds. The quantitative estimate of drug-likeness (QED) is 0.773. The Morgan fingerprint density at radius 3 is 3.05 bits per heavy atom.